The third-order valence-electron chi connectivity index (χ3n) is 4.41. The molecule has 1 aromatic carbocycles. The first kappa shape index (κ1) is 18.4. The van der Waals surface area contributed by atoms with Crippen molar-refractivity contribution < 1.29 is 26.3 Å². The maximum absolute atomic E-state index is 13.3. The molecule has 1 aromatic rings. The van der Waals surface area contributed by atoms with E-state index in [1.54, 1.807) is 0 Å². The number of rotatable bonds is 5. The zero-order chi connectivity index (χ0) is 18.1. The molecule has 2 heterocycles. The second kappa shape index (κ2) is 7.10. The van der Waals surface area contributed by atoms with Crippen molar-refractivity contribution in [2.45, 2.75) is 23.5 Å². The molecule has 6 nitrogen and oxygen atoms in total. The average Bonchev–Trinajstić information content (AvgIpc) is 3.02. The SMILES string of the molecule is O=S(=O)(NCC(N1CCNCC1)C(F)(F)F)c1ccc2c(c1)CCO2. The molecule has 0 radical (unpaired) electrons. The van der Waals surface area contributed by atoms with Crippen molar-refractivity contribution in [2.75, 3.05) is 39.3 Å². The van der Waals surface area contributed by atoms with Crippen LogP contribution < -0.4 is 14.8 Å². The summed E-state index contributed by atoms with van der Waals surface area (Å²) < 4.78 is 72.3. The Kier molecular flexibility index (Phi) is 5.24. The maximum atomic E-state index is 13.3. The van der Waals surface area contributed by atoms with Gasteiger partial charge in [-0.2, -0.15) is 13.2 Å². The highest BCUT2D eigenvalue weighted by atomic mass is 32.2. The Morgan fingerprint density at radius 3 is 2.68 bits per heavy atom. The summed E-state index contributed by atoms with van der Waals surface area (Å²) in [5.41, 5.74) is 0.748. The number of hydrogen-bond donors (Lipinski definition) is 2. The minimum atomic E-state index is -4.51. The van der Waals surface area contributed by atoms with E-state index in [0.29, 0.717) is 31.9 Å². The van der Waals surface area contributed by atoms with Crippen molar-refractivity contribution in [2.24, 2.45) is 0 Å². The molecule has 140 valence electrons. The molecule has 0 amide bonds. The van der Waals surface area contributed by atoms with Crippen molar-refractivity contribution >= 4 is 10.0 Å². The first-order valence-electron chi connectivity index (χ1n) is 8.04. The van der Waals surface area contributed by atoms with E-state index in [2.05, 4.69) is 10.0 Å². The molecular formula is C15H20F3N3O3S. The summed E-state index contributed by atoms with van der Waals surface area (Å²) in [7, 11) is -4.02. The van der Waals surface area contributed by atoms with E-state index in [4.69, 9.17) is 4.74 Å². The zero-order valence-corrected chi connectivity index (χ0v) is 14.3. The van der Waals surface area contributed by atoms with E-state index in [9.17, 15) is 21.6 Å². The topological polar surface area (TPSA) is 70.7 Å². The molecule has 0 bridgehead atoms. The number of halogens is 3. The summed E-state index contributed by atoms with van der Waals surface area (Å²) >= 11 is 0. The van der Waals surface area contributed by atoms with E-state index in [-0.39, 0.29) is 18.0 Å². The molecule has 10 heteroatoms. The number of ether oxygens (including phenoxy) is 1. The third-order valence-corrected chi connectivity index (χ3v) is 5.83. The minimum Gasteiger partial charge on any atom is -0.493 e. The largest absolute Gasteiger partial charge is 0.493 e. The molecule has 1 unspecified atom stereocenters. The van der Waals surface area contributed by atoms with Crippen molar-refractivity contribution in [3.63, 3.8) is 0 Å². The van der Waals surface area contributed by atoms with E-state index < -0.39 is 28.8 Å². The van der Waals surface area contributed by atoms with E-state index in [1.165, 1.54) is 23.1 Å². The molecule has 1 saturated heterocycles. The lowest BCUT2D eigenvalue weighted by atomic mass is 10.2. The lowest BCUT2D eigenvalue weighted by molar-refractivity contribution is -0.182. The van der Waals surface area contributed by atoms with Gasteiger partial charge in [0.2, 0.25) is 10.0 Å². The molecule has 2 aliphatic rings. The minimum absolute atomic E-state index is 0.0435. The predicted octanol–water partition coefficient (Wildman–Crippen LogP) is 0.736. The molecule has 0 saturated carbocycles. The number of sulfonamides is 1. The molecule has 0 aromatic heterocycles. The van der Waals surface area contributed by atoms with Gasteiger partial charge in [0.1, 0.15) is 11.8 Å². The summed E-state index contributed by atoms with van der Waals surface area (Å²) in [6, 6.07) is 2.49. The van der Waals surface area contributed by atoms with Gasteiger partial charge in [0.05, 0.1) is 11.5 Å². The maximum Gasteiger partial charge on any atom is 0.405 e. The van der Waals surface area contributed by atoms with Crippen LogP contribution in [-0.4, -0.2) is 64.9 Å². The lowest BCUT2D eigenvalue weighted by Crippen LogP contribution is -2.57. The van der Waals surface area contributed by atoms with Gasteiger partial charge in [0.25, 0.3) is 0 Å². The monoisotopic (exact) mass is 379 g/mol. The van der Waals surface area contributed by atoms with Crippen LogP contribution in [-0.2, 0) is 16.4 Å². The number of alkyl halides is 3. The van der Waals surface area contributed by atoms with E-state index in [1.807, 2.05) is 0 Å². The van der Waals surface area contributed by atoms with Crippen molar-refractivity contribution in [1.82, 2.24) is 14.9 Å². The number of piperazine rings is 1. The Balaban J connectivity index is 1.72. The van der Waals surface area contributed by atoms with Gasteiger partial charge in [0, 0.05) is 39.1 Å². The Labute approximate surface area is 144 Å². The highest BCUT2D eigenvalue weighted by Gasteiger charge is 2.44. The van der Waals surface area contributed by atoms with Crippen LogP contribution >= 0.6 is 0 Å². The van der Waals surface area contributed by atoms with Crippen molar-refractivity contribution in [3.05, 3.63) is 23.8 Å². The Morgan fingerprint density at radius 2 is 2.00 bits per heavy atom. The van der Waals surface area contributed by atoms with Gasteiger partial charge >= 0.3 is 6.18 Å². The molecule has 2 aliphatic heterocycles. The van der Waals surface area contributed by atoms with Crippen LogP contribution in [0.25, 0.3) is 0 Å². The molecule has 3 rings (SSSR count). The molecule has 0 spiro atoms. The highest BCUT2D eigenvalue weighted by Crippen LogP contribution is 2.28. The lowest BCUT2D eigenvalue weighted by Gasteiger charge is -2.35. The van der Waals surface area contributed by atoms with Gasteiger partial charge in [-0.1, -0.05) is 0 Å². The Morgan fingerprint density at radius 1 is 1.28 bits per heavy atom. The van der Waals surface area contributed by atoms with Crippen LogP contribution in [0.4, 0.5) is 13.2 Å². The summed E-state index contributed by atoms with van der Waals surface area (Å²) in [5.74, 6) is 0.618. The van der Waals surface area contributed by atoms with Gasteiger partial charge in [-0.05, 0) is 23.8 Å². The van der Waals surface area contributed by atoms with Crippen LogP contribution in [0.15, 0.2) is 23.1 Å². The van der Waals surface area contributed by atoms with Crippen LogP contribution in [0.2, 0.25) is 0 Å². The average molecular weight is 379 g/mol. The highest BCUT2D eigenvalue weighted by molar-refractivity contribution is 7.89. The fourth-order valence-electron chi connectivity index (χ4n) is 3.05. The van der Waals surface area contributed by atoms with Crippen LogP contribution in [0.5, 0.6) is 5.75 Å². The first-order chi connectivity index (χ1) is 11.8. The number of benzene rings is 1. The number of nitrogens with zero attached hydrogens (tertiary/aromatic N) is 1. The fraction of sp³-hybridized carbons (Fsp3) is 0.600. The number of nitrogens with one attached hydrogen (secondary N) is 2. The molecular weight excluding hydrogens is 359 g/mol. The van der Waals surface area contributed by atoms with Crippen LogP contribution in [0, 0.1) is 0 Å². The third kappa shape index (κ3) is 4.25. The predicted molar refractivity (Wildman–Crippen MR) is 85.1 cm³/mol. The quantitative estimate of drug-likeness (QED) is 0.790. The summed E-state index contributed by atoms with van der Waals surface area (Å²) in [4.78, 5) is 1.22. The number of hydrogen-bond acceptors (Lipinski definition) is 5. The van der Waals surface area contributed by atoms with E-state index >= 15 is 0 Å². The standard InChI is InChI=1S/C15H20F3N3O3S/c16-15(17,18)14(21-6-4-19-5-7-21)10-20-25(22,23)12-1-2-13-11(9-12)3-8-24-13/h1-2,9,14,19-20H,3-8,10H2. The second-order valence-electron chi connectivity index (χ2n) is 6.06. The summed E-state index contributed by atoms with van der Waals surface area (Å²) in [6.07, 6.45) is -3.92. The summed E-state index contributed by atoms with van der Waals surface area (Å²) in [6.45, 7) is 1.11. The first-order valence-corrected chi connectivity index (χ1v) is 9.52. The Bertz CT molecular complexity index is 718. The van der Waals surface area contributed by atoms with Gasteiger partial charge in [-0.25, -0.2) is 13.1 Å². The number of fused-ring (bicyclic) bond motifs is 1. The smallest absolute Gasteiger partial charge is 0.405 e. The summed E-state index contributed by atoms with van der Waals surface area (Å²) in [5, 5.41) is 2.98. The Hall–Kier alpha value is -1.36. The van der Waals surface area contributed by atoms with Crippen molar-refractivity contribution in [1.29, 1.82) is 0 Å². The zero-order valence-electron chi connectivity index (χ0n) is 13.5. The van der Waals surface area contributed by atoms with Crippen molar-refractivity contribution in [3.8, 4) is 5.75 Å². The molecule has 1 fully saturated rings. The van der Waals surface area contributed by atoms with Gasteiger partial charge in [-0.3, -0.25) is 4.90 Å². The second-order valence-corrected chi connectivity index (χ2v) is 7.83. The fourth-order valence-corrected chi connectivity index (χ4v) is 4.14. The van der Waals surface area contributed by atoms with Gasteiger partial charge < -0.3 is 10.1 Å². The molecule has 25 heavy (non-hydrogen) atoms. The van der Waals surface area contributed by atoms with Gasteiger partial charge in [0.15, 0.2) is 0 Å². The van der Waals surface area contributed by atoms with E-state index in [0.717, 1.165) is 5.56 Å². The molecule has 0 aliphatic carbocycles. The molecule has 1 atom stereocenters. The van der Waals surface area contributed by atoms with Crippen LogP contribution in [0.1, 0.15) is 5.56 Å². The molecule has 2 N–H and O–H groups in total. The van der Waals surface area contributed by atoms with Gasteiger partial charge in [-0.15, -0.1) is 0 Å². The van der Waals surface area contributed by atoms with Crippen LogP contribution in [0.3, 0.4) is 0 Å². The normalized spacial score (nSPS) is 20.1.